The number of hydrogen-bond acceptors (Lipinski definition) is 4. The van der Waals surface area contributed by atoms with Crippen LogP contribution in [0.4, 0.5) is 4.39 Å². The van der Waals surface area contributed by atoms with E-state index in [4.69, 9.17) is 0 Å². The summed E-state index contributed by atoms with van der Waals surface area (Å²) in [6, 6.07) is 21.4. The number of carbonyl (C=O) groups is 1. The highest BCUT2D eigenvalue weighted by Gasteiger charge is 2.71. The van der Waals surface area contributed by atoms with Crippen LogP contribution in [0.5, 0.6) is 0 Å². The van der Waals surface area contributed by atoms with Crippen LogP contribution in [0.2, 0.25) is 0 Å². The number of benzene rings is 3. The summed E-state index contributed by atoms with van der Waals surface area (Å²) in [7, 11) is 1.77. The van der Waals surface area contributed by atoms with Gasteiger partial charge in [0.05, 0.1) is 17.4 Å². The monoisotopic (exact) mass is 492 g/mol. The Morgan fingerprint density at radius 1 is 1.08 bits per heavy atom. The standard InChI is InChI=1S/C29H25FN6O/c1-18-12-25-20(14-32-36(25)22-10-8-21(30)9-11-22)13-23(18)29-16-35(28(37)27-31-17-34(2)33-27)15-24(29)26(29)19-6-4-3-5-7-19/h3-14,17,24,26H,15-16H2,1-2H3/t24-,26-,29+/m0/s1. The average Bonchev–Trinajstić information content (AvgIpc) is 3.32. The summed E-state index contributed by atoms with van der Waals surface area (Å²) in [5.74, 6) is 0.485. The highest BCUT2D eigenvalue weighted by molar-refractivity contribution is 5.91. The lowest BCUT2D eigenvalue weighted by Gasteiger charge is -2.25. The van der Waals surface area contributed by atoms with E-state index in [0.29, 0.717) is 24.9 Å². The van der Waals surface area contributed by atoms with Crippen LogP contribution in [-0.2, 0) is 12.5 Å². The third-order valence-corrected chi connectivity index (χ3v) is 8.10. The molecule has 37 heavy (non-hydrogen) atoms. The van der Waals surface area contributed by atoms with E-state index in [1.54, 1.807) is 30.2 Å². The van der Waals surface area contributed by atoms with Crippen LogP contribution in [-0.4, -0.2) is 48.4 Å². The molecule has 2 aliphatic rings. The summed E-state index contributed by atoms with van der Waals surface area (Å²) >= 11 is 0. The van der Waals surface area contributed by atoms with Gasteiger partial charge in [0.25, 0.3) is 5.91 Å². The Kier molecular flexibility index (Phi) is 4.64. The Balaban J connectivity index is 1.31. The molecule has 0 radical (unpaired) electrons. The molecule has 1 saturated heterocycles. The van der Waals surface area contributed by atoms with Crippen molar-refractivity contribution in [3.63, 3.8) is 0 Å². The molecule has 0 bridgehead atoms. The molecule has 1 amide bonds. The minimum Gasteiger partial charge on any atom is -0.335 e. The molecule has 3 aromatic carbocycles. The van der Waals surface area contributed by atoms with Crippen molar-refractivity contribution >= 4 is 16.8 Å². The summed E-state index contributed by atoms with van der Waals surface area (Å²) in [5, 5.41) is 9.88. The fourth-order valence-corrected chi connectivity index (χ4v) is 6.46. The Bertz CT molecular complexity index is 1660. The first-order valence-electron chi connectivity index (χ1n) is 12.4. The number of rotatable bonds is 4. The highest BCUT2D eigenvalue weighted by Crippen LogP contribution is 2.69. The molecule has 2 fully saturated rings. The van der Waals surface area contributed by atoms with Gasteiger partial charge in [0, 0.05) is 36.9 Å². The third kappa shape index (κ3) is 3.25. The Hall–Kier alpha value is -4.33. The summed E-state index contributed by atoms with van der Waals surface area (Å²) in [5.41, 5.74) is 5.32. The number of aryl methyl sites for hydroxylation is 2. The first-order chi connectivity index (χ1) is 18.0. The normalized spacial score (nSPS) is 22.4. The molecule has 5 aromatic rings. The number of halogens is 1. The zero-order valence-corrected chi connectivity index (χ0v) is 20.5. The van der Waals surface area contributed by atoms with Crippen molar-refractivity contribution in [3.8, 4) is 5.69 Å². The Morgan fingerprint density at radius 3 is 2.59 bits per heavy atom. The van der Waals surface area contributed by atoms with Crippen LogP contribution in [0.15, 0.2) is 79.3 Å². The van der Waals surface area contributed by atoms with Crippen LogP contribution >= 0.6 is 0 Å². The van der Waals surface area contributed by atoms with Gasteiger partial charge >= 0.3 is 0 Å². The predicted octanol–water partition coefficient (Wildman–Crippen LogP) is 4.41. The second-order valence-electron chi connectivity index (χ2n) is 10.2. The molecule has 3 heterocycles. The maximum atomic E-state index is 13.5. The van der Waals surface area contributed by atoms with E-state index in [0.717, 1.165) is 22.2 Å². The third-order valence-electron chi connectivity index (χ3n) is 8.10. The molecule has 7 nitrogen and oxygen atoms in total. The van der Waals surface area contributed by atoms with E-state index in [2.05, 4.69) is 58.5 Å². The van der Waals surface area contributed by atoms with Crippen LogP contribution in [0.1, 0.15) is 33.2 Å². The second-order valence-corrected chi connectivity index (χ2v) is 10.2. The fraction of sp³-hybridized carbons (Fsp3) is 0.241. The first kappa shape index (κ1) is 21.9. The van der Waals surface area contributed by atoms with Crippen molar-refractivity contribution in [3.05, 3.63) is 108 Å². The lowest BCUT2D eigenvalue weighted by atomic mass is 9.86. The largest absolute Gasteiger partial charge is 0.335 e. The van der Waals surface area contributed by atoms with Gasteiger partial charge in [-0.05, 0) is 65.9 Å². The van der Waals surface area contributed by atoms with E-state index in [9.17, 15) is 9.18 Å². The number of fused-ring (bicyclic) bond motifs is 2. The molecule has 184 valence electrons. The van der Waals surface area contributed by atoms with Crippen molar-refractivity contribution in [2.45, 2.75) is 18.3 Å². The molecule has 3 atom stereocenters. The van der Waals surface area contributed by atoms with Gasteiger partial charge in [-0.2, -0.15) is 5.10 Å². The number of carbonyl (C=O) groups excluding carboxylic acids is 1. The summed E-state index contributed by atoms with van der Waals surface area (Å²) in [4.78, 5) is 19.4. The van der Waals surface area contributed by atoms with Crippen molar-refractivity contribution < 1.29 is 9.18 Å². The van der Waals surface area contributed by atoms with Gasteiger partial charge < -0.3 is 4.90 Å². The fourth-order valence-electron chi connectivity index (χ4n) is 6.46. The molecule has 1 saturated carbocycles. The van der Waals surface area contributed by atoms with Crippen LogP contribution in [0.3, 0.4) is 0 Å². The lowest BCUT2D eigenvalue weighted by Crippen LogP contribution is -2.35. The number of nitrogens with zero attached hydrogens (tertiary/aromatic N) is 6. The average molecular weight is 493 g/mol. The molecule has 0 spiro atoms. The molecule has 0 unspecified atom stereocenters. The summed E-state index contributed by atoms with van der Waals surface area (Å²) < 4.78 is 16.9. The molecule has 7 rings (SSSR count). The number of likely N-dealkylation sites (tertiary alicyclic amines) is 1. The zero-order valence-electron chi connectivity index (χ0n) is 20.5. The number of aromatic nitrogens is 5. The first-order valence-corrected chi connectivity index (χ1v) is 12.4. The topological polar surface area (TPSA) is 68.8 Å². The van der Waals surface area contributed by atoms with E-state index < -0.39 is 0 Å². The predicted molar refractivity (Wildman–Crippen MR) is 137 cm³/mol. The van der Waals surface area contributed by atoms with Crippen LogP contribution < -0.4 is 0 Å². The van der Waals surface area contributed by atoms with Crippen molar-refractivity contribution in [2.24, 2.45) is 13.0 Å². The molecular weight excluding hydrogens is 467 g/mol. The Morgan fingerprint density at radius 2 is 1.86 bits per heavy atom. The molecule has 1 aliphatic carbocycles. The summed E-state index contributed by atoms with van der Waals surface area (Å²) in [6.07, 6.45) is 3.42. The Labute approximate surface area is 213 Å². The van der Waals surface area contributed by atoms with Crippen molar-refractivity contribution in [1.82, 2.24) is 29.4 Å². The van der Waals surface area contributed by atoms with E-state index in [1.807, 2.05) is 21.8 Å². The number of amides is 1. The van der Waals surface area contributed by atoms with Gasteiger partial charge in [-0.15, -0.1) is 5.10 Å². The van der Waals surface area contributed by atoms with Gasteiger partial charge in [0.2, 0.25) is 5.82 Å². The minimum absolute atomic E-state index is 0.123. The van der Waals surface area contributed by atoms with E-state index in [1.165, 1.54) is 23.3 Å². The maximum absolute atomic E-state index is 13.5. The molecule has 8 heteroatoms. The summed E-state index contributed by atoms with van der Waals surface area (Å²) in [6.45, 7) is 3.42. The lowest BCUT2D eigenvalue weighted by molar-refractivity contribution is 0.0756. The SMILES string of the molecule is Cc1cc2c(cnn2-c2ccc(F)cc2)cc1[C@]12CN(C(=O)c3ncn(C)n3)C[C@H]1[C@@H]2c1ccccc1. The highest BCUT2D eigenvalue weighted by atomic mass is 19.1. The molecular formula is C29H25FN6O. The van der Waals surface area contributed by atoms with E-state index in [-0.39, 0.29) is 23.0 Å². The van der Waals surface area contributed by atoms with E-state index >= 15 is 0 Å². The molecule has 2 aromatic heterocycles. The van der Waals surface area contributed by atoms with Crippen molar-refractivity contribution in [1.29, 1.82) is 0 Å². The van der Waals surface area contributed by atoms with Crippen molar-refractivity contribution in [2.75, 3.05) is 13.1 Å². The maximum Gasteiger partial charge on any atom is 0.293 e. The van der Waals surface area contributed by atoms with Gasteiger partial charge in [-0.25, -0.2) is 14.1 Å². The van der Waals surface area contributed by atoms with Gasteiger partial charge in [0.1, 0.15) is 12.1 Å². The van der Waals surface area contributed by atoms with Crippen LogP contribution in [0.25, 0.3) is 16.6 Å². The molecule has 1 aliphatic heterocycles. The second kappa shape index (κ2) is 7.83. The zero-order chi connectivity index (χ0) is 25.3. The quantitative estimate of drug-likeness (QED) is 0.373. The van der Waals surface area contributed by atoms with Crippen LogP contribution in [0, 0.1) is 18.7 Å². The molecule has 0 N–H and O–H groups in total. The minimum atomic E-state index is -0.272. The van der Waals surface area contributed by atoms with Gasteiger partial charge in [-0.1, -0.05) is 30.3 Å². The number of hydrogen-bond donors (Lipinski definition) is 0. The smallest absolute Gasteiger partial charge is 0.293 e. The number of piperidine rings is 1. The van der Waals surface area contributed by atoms with Gasteiger partial charge in [-0.3, -0.25) is 9.48 Å². The van der Waals surface area contributed by atoms with Gasteiger partial charge in [0.15, 0.2) is 0 Å².